The van der Waals surface area contributed by atoms with E-state index in [1.165, 1.54) is 12.8 Å². The lowest BCUT2D eigenvalue weighted by Crippen LogP contribution is -2.42. The van der Waals surface area contributed by atoms with Crippen LogP contribution in [-0.4, -0.2) is 37.7 Å². The molecular formula is C26H34N6O. The van der Waals surface area contributed by atoms with Gasteiger partial charge in [-0.2, -0.15) is 5.10 Å². The van der Waals surface area contributed by atoms with E-state index in [1.807, 2.05) is 41.2 Å². The number of amides is 1. The van der Waals surface area contributed by atoms with E-state index in [9.17, 15) is 4.79 Å². The Morgan fingerprint density at radius 3 is 2.36 bits per heavy atom. The number of hydrogen-bond acceptors (Lipinski definition) is 5. The van der Waals surface area contributed by atoms with Crippen molar-refractivity contribution in [3.05, 3.63) is 42.4 Å². The first kappa shape index (κ1) is 21.9. The smallest absolute Gasteiger partial charge is 0.223 e. The van der Waals surface area contributed by atoms with Crippen molar-refractivity contribution in [2.75, 3.05) is 5.32 Å². The molecular weight excluding hydrogens is 412 g/mol. The SMILES string of the molecule is CC(C)c1nc(NC2CCC(NC(=O)C3CCCC3)CC2)c2cnn(-c3ccccc3)c2n1. The number of carbonyl (C=O) groups excluding carboxylic acids is 1. The van der Waals surface area contributed by atoms with Crippen molar-refractivity contribution in [2.45, 2.75) is 83.2 Å². The van der Waals surface area contributed by atoms with Crippen LogP contribution >= 0.6 is 0 Å². The third kappa shape index (κ3) is 4.72. The summed E-state index contributed by atoms with van der Waals surface area (Å²) >= 11 is 0. The summed E-state index contributed by atoms with van der Waals surface area (Å²) in [7, 11) is 0. The van der Waals surface area contributed by atoms with Crippen molar-refractivity contribution in [2.24, 2.45) is 5.92 Å². The monoisotopic (exact) mass is 446 g/mol. The van der Waals surface area contributed by atoms with Crippen LogP contribution in [0, 0.1) is 5.92 Å². The minimum Gasteiger partial charge on any atom is -0.367 e. The zero-order chi connectivity index (χ0) is 22.8. The molecule has 2 N–H and O–H groups in total. The van der Waals surface area contributed by atoms with E-state index >= 15 is 0 Å². The molecule has 0 unspecified atom stereocenters. The quantitative estimate of drug-likeness (QED) is 0.558. The Balaban J connectivity index is 1.31. The van der Waals surface area contributed by atoms with E-state index in [1.54, 1.807) is 0 Å². The average molecular weight is 447 g/mol. The molecule has 33 heavy (non-hydrogen) atoms. The summed E-state index contributed by atoms with van der Waals surface area (Å²) in [5.74, 6) is 2.42. The molecule has 5 rings (SSSR count). The van der Waals surface area contributed by atoms with Gasteiger partial charge in [0.05, 0.1) is 17.3 Å². The second-order valence-corrected chi connectivity index (χ2v) is 9.90. The fraction of sp³-hybridized carbons (Fsp3) is 0.538. The molecule has 0 aliphatic heterocycles. The number of rotatable bonds is 6. The van der Waals surface area contributed by atoms with Gasteiger partial charge in [0.15, 0.2) is 5.65 Å². The van der Waals surface area contributed by atoms with Crippen LogP contribution in [0.1, 0.15) is 77.0 Å². The predicted octanol–water partition coefficient (Wildman–Crippen LogP) is 4.97. The van der Waals surface area contributed by atoms with Gasteiger partial charge in [-0.15, -0.1) is 0 Å². The molecule has 3 aromatic rings. The number of hydrogen-bond donors (Lipinski definition) is 2. The molecule has 7 nitrogen and oxygen atoms in total. The number of carbonyl (C=O) groups is 1. The van der Waals surface area contributed by atoms with Crippen LogP contribution in [0.4, 0.5) is 5.82 Å². The van der Waals surface area contributed by atoms with Crippen molar-refractivity contribution in [1.82, 2.24) is 25.1 Å². The van der Waals surface area contributed by atoms with Crippen LogP contribution in [0.15, 0.2) is 36.5 Å². The Bertz CT molecular complexity index is 1090. The van der Waals surface area contributed by atoms with E-state index in [-0.39, 0.29) is 17.7 Å². The van der Waals surface area contributed by atoms with Crippen molar-refractivity contribution in [1.29, 1.82) is 0 Å². The lowest BCUT2D eigenvalue weighted by Gasteiger charge is -2.30. The van der Waals surface area contributed by atoms with Crippen molar-refractivity contribution in [3.8, 4) is 5.69 Å². The highest BCUT2D eigenvalue weighted by molar-refractivity contribution is 5.87. The van der Waals surface area contributed by atoms with Crippen LogP contribution in [0.25, 0.3) is 16.7 Å². The Labute approximate surface area is 195 Å². The molecule has 2 saturated carbocycles. The summed E-state index contributed by atoms with van der Waals surface area (Å²) in [6, 6.07) is 10.7. The molecule has 0 atom stereocenters. The average Bonchev–Trinajstić information content (AvgIpc) is 3.51. The molecule has 2 aliphatic carbocycles. The van der Waals surface area contributed by atoms with Crippen molar-refractivity contribution in [3.63, 3.8) is 0 Å². The second kappa shape index (κ2) is 9.49. The van der Waals surface area contributed by atoms with E-state index in [2.05, 4.69) is 29.6 Å². The van der Waals surface area contributed by atoms with Crippen LogP contribution < -0.4 is 10.6 Å². The molecule has 2 fully saturated rings. The van der Waals surface area contributed by atoms with Crippen molar-refractivity contribution >= 4 is 22.8 Å². The lowest BCUT2D eigenvalue weighted by molar-refractivity contribution is -0.125. The first-order valence-electron chi connectivity index (χ1n) is 12.5. The van der Waals surface area contributed by atoms with Gasteiger partial charge >= 0.3 is 0 Å². The summed E-state index contributed by atoms with van der Waals surface area (Å²) in [4.78, 5) is 22.2. The van der Waals surface area contributed by atoms with E-state index in [0.717, 1.165) is 66.9 Å². The maximum atomic E-state index is 12.5. The topological polar surface area (TPSA) is 84.7 Å². The van der Waals surface area contributed by atoms with Crippen LogP contribution in [0.5, 0.6) is 0 Å². The third-order valence-electron chi connectivity index (χ3n) is 7.10. The first-order chi connectivity index (χ1) is 16.1. The van der Waals surface area contributed by atoms with Crippen LogP contribution in [-0.2, 0) is 4.79 Å². The summed E-state index contributed by atoms with van der Waals surface area (Å²) in [5, 5.41) is 12.6. The van der Waals surface area contributed by atoms with Gasteiger partial charge in [0.25, 0.3) is 0 Å². The number of fused-ring (bicyclic) bond motifs is 1. The number of para-hydroxylation sites is 1. The number of nitrogens with zero attached hydrogens (tertiary/aromatic N) is 4. The second-order valence-electron chi connectivity index (χ2n) is 9.90. The maximum Gasteiger partial charge on any atom is 0.223 e. The predicted molar refractivity (Wildman–Crippen MR) is 131 cm³/mol. The summed E-state index contributed by atoms with van der Waals surface area (Å²) in [6.07, 6.45) is 10.4. The van der Waals surface area contributed by atoms with Gasteiger partial charge in [-0.3, -0.25) is 4.79 Å². The zero-order valence-electron chi connectivity index (χ0n) is 19.6. The molecule has 1 aromatic carbocycles. The Hall–Kier alpha value is -2.96. The molecule has 2 heterocycles. The molecule has 7 heteroatoms. The third-order valence-corrected chi connectivity index (χ3v) is 7.10. The van der Waals surface area contributed by atoms with Gasteiger partial charge in [-0.1, -0.05) is 44.9 Å². The molecule has 0 radical (unpaired) electrons. The number of benzene rings is 1. The van der Waals surface area contributed by atoms with Gasteiger partial charge in [-0.05, 0) is 50.7 Å². The largest absolute Gasteiger partial charge is 0.367 e. The van der Waals surface area contributed by atoms with E-state index in [0.29, 0.717) is 12.1 Å². The van der Waals surface area contributed by atoms with Gasteiger partial charge in [-0.25, -0.2) is 14.6 Å². The fourth-order valence-corrected chi connectivity index (χ4v) is 5.13. The van der Waals surface area contributed by atoms with Crippen LogP contribution in [0.3, 0.4) is 0 Å². The standard InChI is InChI=1S/C26H34N6O/c1-17(2)23-30-24(22-16-27-32(25(22)31-23)21-10-4-3-5-11-21)28-19-12-14-20(15-13-19)29-26(33)18-8-6-7-9-18/h3-5,10-11,16-20H,6-9,12-15H2,1-2H3,(H,29,33)(H,28,30,31). The number of nitrogens with one attached hydrogen (secondary N) is 2. The zero-order valence-corrected chi connectivity index (χ0v) is 19.6. The highest BCUT2D eigenvalue weighted by atomic mass is 16.1. The highest BCUT2D eigenvalue weighted by Crippen LogP contribution is 2.29. The van der Waals surface area contributed by atoms with Crippen molar-refractivity contribution < 1.29 is 4.79 Å². The molecule has 1 amide bonds. The van der Waals surface area contributed by atoms with Gasteiger partial charge in [0.2, 0.25) is 5.91 Å². The minimum atomic E-state index is 0.218. The van der Waals surface area contributed by atoms with Gasteiger partial charge in [0.1, 0.15) is 11.6 Å². The molecule has 2 aromatic heterocycles. The normalized spacial score (nSPS) is 21.5. The van der Waals surface area contributed by atoms with Gasteiger partial charge in [0, 0.05) is 23.9 Å². The Kier molecular flexibility index (Phi) is 6.29. The highest BCUT2D eigenvalue weighted by Gasteiger charge is 2.28. The molecule has 0 spiro atoms. The maximum absolute atomic E-state index is 12.5. The first-order valence-corrected chi connectivity index (χ1v) is 12.5. The van der Waals surface area contributed by atoms with E-state index in [4.69, 9.17) is 9.97 Å². The minimum absolute atomic E-state index is 0.218. The van der Waals surface area contributed by atoms with E-state index < -0.39 is 0 Å². The summed E-state index contributed by atoms with van der Waals surface area (Å²) < 4.78 is 1.89. The summed E-state index contributed by atoms with van der Waals surface area (Å²) in [6.45, 7) is 4.23. The van der Waals surface area contributed by atoms with Gasteiger partial charge < -0.3 is 10.6 Å². The number of aromatic nitrogens is 4. The molecule has 0 bridgehead atoms. The lowest BCUT2D eigenvalue weighted by atomic mass is 9.90. The Morgan fingerprint density at radius 1 is 0.970 bits per heavy atom. The molecule has 0 saturated heterocycles. The summed E-state index contributed by atoms with van der Waals surface area (Å²) in [5.41, 5.74) is 1.82. The molecule has 2 aliphatic rings. The fourth-order valence-electron chi connectivity index (χ4n) is 5.13. The number of anilines is 1. The molecule has 174 valence electrons. The van der Waals surface area contributed by atoms with Crippen LogP contribution in [0.2, 0.25) is 0 Å². The Morgan fingerprint density at radius 2 is 1.67 bits per heavy atom.